The van der Waals surface area contributed by atoms with Crippen LogP contribution in [0.25, 0.3) is 0 Å². The fourth-order valence-electron chi connectivity index (χ4n) is 4.28. The monoisotopic (exact) mass is 410 g/mol. The topological polar surface area (TPSA) is 69.0 Å². The van der Waals surface area contributed by atoms with Crippen molar-refractivity contribution < 1.29 is 14.0 Å². The van der Waals surface area contributed by atoms with E-state index in [9.17, 15) is 9.59 Å². The van der Waals surface area contributed by atoms with Gasteiger partial charge in [-0.25, -0.2) is 0 Å². The molecule has 1 aromatic heterocycles. The maximum atomic E-state index is 12.8. The number of nitrogens with zero attached hydrogens (tertiary/aromatic N) is 3. The Balaban J connectivity index is 1.31. The van der Waals surface area contributed by atoms with E-state index >= 15 is 0 Å². The van der Waals surface area contributed by atoms with E-state index in [0.29, 0.717) is 31.7 Å². The van der Waals surface area contributed by atoms with Crippen molar-refractivity contribution >= 4 is 23.2 Å². The van der Waals surface area contributed by atoms with Gasteiger partial charge in [-0.15, -0.1) is 0 Å². The molecule has 2 amide bonds. The van der Waals surface area contributed by atoms with Crippen molar-refractivity contribution in [1.82, 2.24) is 9.80 Å². The van der Waals surface area contributed by atoms with Gasteiger partial charge in [-0.05, 0) is 62.7 Å². The van der Waals surface area contributed by atoms with Crippen molar-refractivity contribution in [3.05, 3.63) is 47.9 Å². The Morgan fingerprint density at radius 3 is 2.40 bits per heavy atom. The second-order valence-corrected chi connectivity index (χ2v) is 8.32. The van der Waals surface area contributed by atoms with E-state index in [2.05, 4.69) is 41.2 Å². The van der Waals surface area contributed by atoms with Gasteiger partial charge in [0.25, 0.3) is 5.91 Å². The van der Waals surface area contributed by atoms with Crippen LogP contribution >= 0.6 is 0 Å². The molecule has 0 saturated carbocycles. The number of amides is 2. The molecule has 4 rings (SSSR count). The van der Waals surface area contributed by atoms with E-state index in [1.165, 1.54) is 17.5 Å². The molecule has 1 aromatic carbocycles. The average molecular weight is 411 g/mol. The molecular weight excluding hydrogens is 380 g/mol. The third-order valence-corrected chi connectivity index (χ3v) is 6.19. The smallest absolute Gasteiger partial charge is 0.289 e. The second-order valence-electron chi connectivity index (χ2n) is 8.32. The molecule has 0 atom stereocenters. The number of benzene rings is 1. The molecule has 160 valence electrons. The minimum atomic E-state index is -0.103. The zero-order valence-corrected chi connectivity index (χ0v) is 17.8. The van der Waals surface area contributed by atoms with Gasteiger partial charge in [0.05, 0.1) is 6.26 Å². The Labute approximate surface area is 177 Å². The molecule has 2 fully saturated rings. The number of likely N-dealkylation sites (N-methyl/N-ethyl adjacent to an activating group) is 1. The second kappa shape index (κ2) is 8.92. The van der Waals surface area contributed by atoms with E-state index < -0.39 is 0 Å². The number of carbonyl (C=O) groups is 2. The zero-order valence-electron chi connectivity index (χ0n) is 17.8. The lowest BCUT2D eigenvalue weighted by atomic mass is 9.95. The molecule has 30 heavy (non-hydrogen) atoms. The van der Waals surface area contributed by atoms with Gasteiger partial charge in [-0.3, -0.25) is 9.59 Å². The van der Waals surface area contributed by atoms with Gasteiger partial charge < -0.3 is 24.4 Å². The number of piperidine rings is 1. The van der Waals surface area contributed by atoms with Crippen LogP contribution in [-0.2, 0) is 4.79 Å². The SMILES string of the molecule is Cc1cc(NC(=O)C2CCN(C(=O)c3ccco3)CC2)ccc1N1CCN(C)CC1. The number of hydrogen-bond donors (Lipinski definition) is 1. The van der Waals surface area contributed by atoms with E-state index in [0.717, 1.165) is 31.9 Å². The standard InChI is InChI=1S/C23H30N4O3/c1-17-16-19(5-6-20(17)26-13-11-25(2)12-14-26)24-22(28)18-7-9-27(10-8-18)23(29)21-4-3-15-30-21/h3-6,15-16,18H,7-14H2,1-2H3,(H,24,28). The number of anilines is 2. The first-order chi connectivity index (χ1) is 14.5. The summed E-state index contributed by atoms with van der Waals surface area (Å²) in [6, 6.07) is 9.55. The Kier molecular flexibility index (Phi) is 6.08. The van der Waals surface area contributed by atoms with Gasteiger partial charge in [0.2, 0.25) is 5.91 Å². The highest BCUT2D eigenvalue weighted by Crippen LogP contribution is 2.26. The highest BCUT2D eigenvalue weighted by Gasteiger charge is 2.29. The summed E-state index contributed by atoms with van der Waals surface area (Å²) in [6.07, 6.45) is 2.83. The van der Waals surface area contributed by atoms with Crippen LogP contribution in [0, 0.1) is 12.8 Å². The number of furan rings is 1. The lowest BCUT2D eigenvalue weighted by Crippen LogP contribution is -2.44. The molecular formula is C23H30N4O3. The molecule has 1 N–H and O–H groups in total. The van der Waals surface area contributed by atoms with Crippen LogP contribution in [-0.4, -0.2) is 67.9 Å². The molecule has 7 heteroatoms. The number of carbonyl (C=O) groups excluding carboxylic acids is 2. The normalized spacial score (nSPS) is 18.5. The number of hydrogen-bond acceptors (Lipinski definition) is 5. The lowest BCUT2D eigenvalue weighted by Gasteiger charge is -2.35. The molecule has 7 nitrogen and oxygen atoms in total. The van der Waals surface area contributed by atoms with Crippen LogP contribution in [0.5, 0.6) is 0 Å². The lowest BCUT2D eigenvalue weighted by molar-refractivity contribution is -0.121. The Hall–Kier alpha value is -2.80. The Morgan fingerprint density at radius 1 is 1.03 bits per heavy atom. The number of likely N-dealkylation sites (tertiary alicyclic amines) is 1. The molecule has 0 radical (unpaired) electrons. The Morgan fingerprint density at radius 2 is 1.77 bits per heavy atom. The van der Waals surface area contributed by atoms with Gasteiger partial charge in [0.1, 0.15) is 0 Å². The van der Waals surface area contributed by atoms with Gasteiger partial charge in [0, 0.05) is 56.6 Å². The largest absolute Gasteiger partial charge is 0.459 e. The summed E-state index contributed by atoms with van der Waals surface area (Å²) in [4.78, 5) is 31.6. The van der Waals surface area contributed by atoms with Crippen molar-refractivity contribution in [1.29, 1.82) is 0 Å². The number of piperazine rings is 1. The number of aryl methyl sites for hydroxylation is 1. The van der Waals surface area contributed by atoms with Crippen molar-refractivity contribution in [2.75, 3.05) is 56.5 Å². The molecule has 2 aromatic rings. The van der Waals surface area contributed by atoms with Crippen molar-refractivity contribution in [2.24, 2.45) is 5.92 Å². The average Bonchev–Trinajstić information content (AvgIpc) is 3.29. The number of nitrogens with one attached hydrogen (secondary N) is 1. The van der Waals surface area contributed by atoms with E-state index in [-0.39, 0.29) is 17.7 Å². The molecule has 3 heterocycles. The summed E-state index contributed by atoms with van der Waals surface area (Å²) in [5.41, 5.74) is 3.26. The van der Waals surface area contributed by atoms with E-state index in [1.807, 2.05) is 6.07 Å². The highest BCUT2D eigenvalue weighted by molar-refractivity contribution is 5.94. The molecule has 0 aliphatic carbocycles. The molecule has 0 bridgehead atoms. The first-order valence-corrected chi connectivity index (χ1v) is 10.7. The van der Waals surface area contributed by atoms with Crippen LogP contribution in [0.15, 0.2) is 41.0 Å². The van der Waals surface area contributed by atoms with Crippen LogP contribution in [0.3, 0.4) is 0 Å². The predicted molar refractivity (Wildman–Crippen MR) is 117 cm³/mol. The summed E-state index contributed by atoms with van der Waals surface area (Å²) < 4.78 is 5.20. The fourth-order valence-corrected chi connectivity index (χ4v) is 4.28. The van der Waals surface area contributed by atoms with Crippen LogP contribution in [0.4, 0.5) is 11.4 Å². The van der Waals surface area contributed by atoms with Gasteiger partial charge in [-0.2, -0.15) is 0 Å². The van der Waals surface area contributed by atoms with Crippen molar-refractivity contribution in [3.63, 3.8) is 0 Å². The zero-order chi connectivity index (χ0) is 21.1. The summed E-state index contributed by atoms with van der Waals surface area (Å²) in [5, 5.41) is 3.07. The maximum Gasteiger partial charge on any atom is 0.289 e. The van der Waals surface area contributed by atoms with Crippen molar-refractivity contribution in [2.45, 2.75) is 19.8 Å². The van der Waals surface area contributed by atoms with Gasteiger partial charge in [-0.1, -0.05) is 0 Å². The molecule has 0 unspecified atom stereocenters. The van der Waals surface area contributed by atoms with E-state index in [1.54, 1.807) is 17.0 Å². The minimum Gasteiger partial charge on any atom is -0.459 e. The van der Waals surface area contributed by atoms with Crippen LogP contribution < -0.4 is 10.2 Å². The number of rotatable bonds is 4. The predicted octanol–water partition coefficient (Wildman–Crippen LogP) is 2.83. The summed E-state index contributed by atoms with van der Waals surface area (Å²) in [5.74, 6) is 0.206. The molecule has 2 aliphatic heterocycles. The molecule has 2 saturated heterocycles. The van der Waals surface area contributed by atoms with E-state index in [4.69, 9.17) is 4.42 Å². The summed E-state index contributed by atoms with van der Waals surface area (Å²) in [7, 11) is 2.15. The Bertz CT molecular complexity index is 880. The maximum absolute atomic E-state index is 12.8. The highest BCUT2D eigenvalue weighted by atomic mass is 16.3. The van der Waals surface area contributed by atoms with Crippen LogP contribution in [0.1, 0.15) is 29.0 Å². The third kappa shape index (κ3) is 4.51. The van der Waals surface area contributed by atoms with Crippen LogP contribution in [0.2, 0.25) is 0 Å². The quantitative estimate of drug-likeness (QED) is 0.840. The van der Waals surface area contributed by atoms with Crippen molar-refractivity contribution in [3.8, 4) is 0 Å². The summed E-state index contributed by atoms with van der Waals surface area (Å²) in [6.45, 7) is 7.43. The summed E-state index contributed by atoms with van der Waals surface area (Å²) >= 11 is 0. The first-order valence-electron chi connectivity index (χ1n) is 10.7. The minimum absolute atomic E-state index is 0.0341. The molecule has 2 aliphatic rings. The third-order valence-electron chi connectivity index (χ3n) is 6.19. The van der Waals surface area contributed by atoms with Gasteiger partial charge in [0.15, 0.2) is 5.76 Å². The van der Waals surface area contributed by atoms with Gasteiger partial charge >= 0.3 is 0 Å². The molecule has 0 spiro atoms. The first kappa shape index (κ1) is 20.5. The fraction of sp³-hybridized carbons (Fsp3) is 0.478.